The number of non-ortho nitro benzene ring substituents is 1. The normalized spacial score (nSPS) is 14.6. The lowest BCUT2D eigenvalue weighted by Gasteiger charge is -2.17. The molecule has 0 unspecified atom stereocenters. The van der Waals surface area contributed by atoms with E-state index in [2.05, 4.69) is 6.58 Å². The van der Waals surface area contributed by atoms with Crippen LogP contribution in [0.25, 0.3) is 6.08 Å². The van der Waals surface area contributed by atoms with Gasteiger partial charge in [0.05, 0.1) is 16.4 Å². The second-order valence-corrected chi connectivity index (χ2v) is 8.75. The Balaban J connectivity index is 1.92. The highest BCUT2D eigenvalue weighted by Crippen LogP contribution is 2.37. The van der Waals surface area contributed by atoms with Crippen LogP contribution in [-0.2, 0) is 17.8 Å². The highest BCUT2D eigenvalue weighted by atomic mass is 32.2. The third kappa shape index (κ3) is 5.80. The summed E-state index contributed by atoms with van der Waals surface area (Å²) in [5, 5.41) is 10.9. The SMILES string of the molecule is C=CCc1cc(/C=C2\SC(=S)N(CC)C2=O)cc(OCC)c1OCc1ccc([N+](=O)[O-])cc1. The second kappa shape index (κ2) is 11.1. The van der Waals surface area contributed by atoms with Gasteiger partial charge in [0.15, 0.2) is 11.5 Å². The number of allylic oxidation sites excluding steroid dienone is 1. The molecule has 172 valence electrons. The molecule has 1 saturated heterocycles. The molecule has 9 heteroatoms. The minimum Gasteiger partial charge on any atom is -0.490 e. The average Bonchev–Trinajstić information content (AvgIpc) is 3.06. The van der Waals surface area contributed by atoms with E-state index < -0.39 is 4.92 Å². The molecule has 7 nitrogen and oxygen atoms in total. The van der Waals surface area contributed by atoms with Crippen molar-refractivity contribution < 1.29 is 19.2 Å². The predicted octanol–water partition coefficient (Wildman–Crippen LogP) is 5.52. The van der Waals surface area contributed by atoms with Gasteiger partial charge in [0, 0.05) is 24.2 Å². The number of carbonyl (C=O) groups is 1. The minimum atomic E-state index is -0.437. The maximum absolute atomic E-state index is 12.6. The van der Waals surface area contributed by atoms with Crippen molar-refractivity contribution in [2.24, 2.45) is 0 Å². The molecule has 0 atom stereocenters. The monoisotopic (exact) mass is 484 g/mol. The van der Waals surface area contributed by atoms with Crippen LogP contribution in [0.2, 0.25) is 0 Å². The summed E-state index contributed by atoms with van der Waals surface area (Å²) in [7, 11) is 0. The molecule has 33 heavy (non-hydrogen) atoms. The van der Waals surface area contributed by atoms with Crippen molar-refractivity contribution in [3.05, 3.63) is 80.8 Å². The molecule has 0 aromatic heterocycles. The van der Waals surface area contributed by atoms with Gasteiger partial charge in [0.25, 0.3) is 11.6 Å². The number of carbonyl (C=O) groups excluding carboxylic acids is 1. The highest BCUT2D eigenvalue weighted by molar-refractivity contribution is 8.26. The van der Waals surface area contributed by atoms with Crippen LogP contribution in [0.1, 0.15) is 30.5 Å². The molecule has 0 saturated carbocycles. The molecule has 1 aliphatic rings. The molecular formula is C24H24N2O5S2. The number of hydrogen-bond acceptors (Lipinski definition) is 7. The zero-order chi connectivity index (χ0) is 24.0. The summed E-state index contributed by atoms with van der Waals surface area (Å²) < 4.78 is 12.5. The maximum Gasteiger partial charge on any atom is 0.269 e. The number of nitro groups is 1. The molecule has 1 heterocycles. The number of thioether (sulfide) groups is 1. The van der Waals surface area contributed by atoms with Crippen molar-refractivity contribution in [2.75, 3.05) is 13.2 Å². The first kappa shape index (κ1) is 24.5. The Morgan fingerprint density at radius 2 is 1.94 bits per heavy atom. The van der Waals surface area contributed by atoms with Crippen LogP contribution in [0, 0.1) is 10.1 Å². The number of rotatable bonds is 10. The van der Waals surface area contributed by atoms with Crippen LogP contribution in [0.4, 0.5) is 5.69 Å². The summed E-state index contributed by atoms with van der Waals surface area (Å²) in [6.45, 7) is 8.79. The highest BCUT2D eigenvalue weighted by Gasteiger charge is 2.30. The molecule has 1 amide bonds. The van der Waals surface area contributed by atoms with Crippen molar-refractivity contribution in [3.63, 3.8) is 0 Å². The fourth-order valence-corrected chi connectivity index (χ4v) is 4.68. The third-order valence-electron chi connectivity index (χ3n) is 4.84. The Hall–Kier alpha value is -3.17. The van der Waals surface area contributed by atoms with Gasteiger partial charge in [0.1, 0.15) is 10.9 Å². The van der Waals surface area contributed by atoms with E-state index in [1.807, 2.05) is 32.1 Å². The summed E-state index contributed by atoms with van der Waals surface area (Å²) >= 11 is 6.58. The van der Waals surface area contributed by atoms with E-state index in [0.29, 0.717) is 40.3 Å². The first-order valence-electron chi connectivity index (χ1n) is 10.4. The zero-order valence-corrected chi connectivity index (χ0v) is 20.0. The van der Waals surface area contributed by atoms with E-state index in [9.17, 15) is 14.9 Å². The minimum absolute atomic E-state index is 0.0268. The van der Waals surface area contributed by atoms with Crippen LogP contribution in [0.5, 0.6) is 11.5 Å². The summed E-state index contributed by atoms with van der Waals surface area (Å²) in [4.78, 5) is 25.2. The van der Waals surface area contributed by atoms with Crippen LogP contribution in [-0.4, -0.2) is 33.2 Å². The number of likely N-dealkylation sites (N-methyl/N-ethyl adjacent to an activating group) is 1. The smallest absolute Gasteiger partial charge is 0.269 e. The molecule has 2 aromatic carbocycles. The van der Waals surface area contributed by atoms with Gasteiger partial charge < -0.3 is 9.47 Å². The number of nitro benzene ring substituents is 1. The van der Waals surface area contributed by atoms with Gasteiger partial charge >= 0.3 is 0 Å². The molecule has 0 radical (unpaired) electrons. The molecule has 1 aliphatic heterocycles. The molecular weight excluding hydrogens is 460 g/mol. The van der Waals surface area contributed by atoms with Crippen molar-refractivity contribution in [1.29, 1.82) is 0 Å². The Morgan fingerprint density at radius 3 is 2.52 bits per heavy atom. The van der Waals surface area contributed by atoms with Gasteiger partial charge in [-0.2, -0.15) is 0 Å². The fraction of sp³-hybridized carbons (Fsp3) is 0.250. The lowest BCUT2D eigenvalue weighted by Crippen LogP contribution is -2.27. The van der Waals surface area contributed by atoms with E-state index in [-0.39, 0.29) is 18.2 Å². The topological polar surface area (TPSA) is 81.9 Å². The molecule has 0 bridgehead atoms. The number of benzene rings is 2. The number of amides is 1. The lowest BCUT2D eigenvalue weighted by atomic mass is 10.0. The van der Waals surface area contributed by atoms with Gasteiger partial charge in [-0.15, -0.1) is 6.58 Å². The van der Waals surface area contributed by atoms with E-state index in [1.54, 1.807) is 23.1 Å². The van der Waals surface area contributed by atoms with Gasteiger partial charge in [-0.05, 0) is 61.7 Å². The summed E-state index contributed by atoms with van der Waals surface area (Å²) in [6, 6.07) is 9.99. The molecule has 0 spiro atoms. The number of ether oxygens (including phenoxy) is 2. The van der Waals surface area contributed by atoms with Crippen molar-refractivity contribution in [3.8, 4) is 11.5 Å². The number of nitrogens with zero attached hydrogens (tertiary/aromatic N) is 2. The van der Waals surface area contributed by atoms with Crippen molar-refractivity contribution in [1.82, 2.24) is 4.90 Å². The molecule has 0 aliphatic carbocycles. The third-order valence-corrected chi connectivity index (χ3v) is 6.21. The number of thiocarbonyl (C=S) groups is 1. The van der Waals surface area contributed by atoms with Crippen LogP contribution >= 0.6 is 24.0 Å². The Labute approximate surface area is 202 Å². The van der Waals surface area contributed by atoms with Crippen LogP contribution in [0.3, 0.4) is 0 Å². The summed E-state index contributed by atoms with van der Waals surface area (Å²) in [6.07, 6.45) is 4.11. The zero-order valence-electron chi connectivity index (χ0n) is 18.4. The second-order valence-electron chi connectivity index (χ2n) is 7.07. The maximum atomic E-state index is 12.6. The fourth-order valence-electron chi connectivity index (χ4n) is 3.29. The van der Waals surface area contributed by atoms with Crippen molar-refractivity contribution >= 4 is 46.0 Å². The predicted molar refractivity (Wildman–Crippen MR) is 134 cm³/mol. The summed E-state index contributed by atoms with van der Waals surface area (Å²) in [5.41, 5.74) is 2.48. The van der Waals surface area contributed by atoms with Gasteiger partial charge in [-0.25, -0.2) is 0 Å². The largest absolute Gasteiger partial charge is 0.490 e. The first-order valence-corrected chi connectivity index (χ1v) is 11.6. The van der Waals surface area contributed by atoms with Gasteiger partial charge in [-0.1, -0.05) is 30.1 Å². The molecule has 1 fully saturated rings. The quantitative estimate of drug-likeness (QED) is 0.144. The average molecular weight is 485 g/mol. The van der Waals surface area contributed by atoms with Gasteiger partial charge in [-0.3, -0.25) is 19.8 Å². The van der Waals surface area contributed by atoms with E-state index in [0.717, 1.165) is 16.7 Å². The van der Waals surface area contributed by atoms with Crippen LogP contribution in [0.15, 0.2) is 54.0 Å². The van der Waals surface area contributed by atoms with Gasteiger partial charge in [0.2, 0.25) is 0 Å². The Morgan fingerprint density at radius 1 is 1.21 bits per heavy atom. The summed E-state index contributed by atoms with van der Waals surface area (Å²) in [5.74, 6) is 1.03. The van der Waals surface area contributed by atoms with Crippen molar-refractivity contribution in [2.45, 2.75) is 26.9 Å². The number of hydrogen-bond donors (Lipinski definition) is 0. The molecule has 0 N–H and O–H groups in total. The van der Waals surface area contributed by atoms with E-state index >= 15 is 0 Å². The standard InChI is InChI=1S/C24H24N2O5S2/c1-4-7-18-12-17(14-21-23(27)25(5-2)24(32)33-21)13-20(30-6-3)22(18)31-15-16-8-10-19(11-9-16)26(28)29/h4,8-14H,1,5-7,15H2,2-3H3/b21-14-. The molecule has 3 rings (SSSR count). The Kier molecular flexibility index (Phi) is 8.24. The molecule has 2 aromatic rings. The lowest BCUT2D eigenvalue weighted by molar-refractivity contribution is -0.384. The van der Waals surface area contributed by atoms with E-state index in [4.69, 9.17) is 21.7 Å². The first-order chi connectivity index (χ1) is 15.9. The Bertz CT molecular complexity index is 1110. The van der Waals surface area contributed by atoms with Crippen LogP contribution < -0.4 is 9.47 Å². The van der Waals surface area contributed by atoms with E-state index in [1.165, 1.54) is 23.9 Å².